The molecule has 0 aliphatic carbocycles. The van der Waals surface area contributed by atoms with Crippen LogP contribution in [0.1, 0.15) is 31.9 Å². The summed E-state index contributed by atoms with van der Waals surface area (Å²) < 4.78 is 5.40. The number of likely N-dealkylation sites (tertiary alicyclic amines) is 1. The zero-order valence-electron chi connectivity index (χ0n) is 11.6. The third kappa shape index (κ3) is 3.47. The lowest BCUT2D eigenvalue weighted by molar-refractivity contribution is -0.127. The van der Waals surface area contributed by atoms with Crippen molar-refractivity contribution in [3.05, 3.63) is 29.8 Å². The first-order valence-electron chi connectivity index (χ1n) is 6.86. The summed E-state index contributed by atoms with van der Waals surface area (Å²) in [5.74, 6) is 1.51. The number of nitrogens with zero attached hydrogens (tertiary/aromatic N) is 1. The molecule has 2 N–H and O–H groups in total. The van der Waals surface area contributed by atoms with Crippen LogP contribution in [0.15, 0.2) is 24.3 Å². The number of ether oxygens (including phenoxy) is 1. The summed E-state index contributed by atoms with van der Waals surface area (Å²) in [6.07, 6.45) is 0.649. The molecular formula is C15H22N2O2. The molecule has 4 nitrogen and oxygen atoms in total. The van der Waals surface area contributed by atoms with E-state index in [0.29, 0.717) is 25.5 Å². The molecule has 1 fully saturated rings. The molecule has 1 aromatic rings. The highest BCUT2D eigenvalue weighted by atomic mass is 16.5. The fourth-order valence-corrected chi connectivity index (χ4v) is 2.47. The molecule has 1 saturated heterocycles. The molecule has 0 bridgehead atoms. The number of carbonyl (C=O) groups excluding carboxylic acids is 1. The minimum atomic E-state index is -0.134. The van der Waals surface area contributed by atoms with Gasteiger partial charge in [-0.1, -0.05) is 19.1 Å². The van der Waals surface area contributed by atoms with Crippen molar-refractivity contribution in [1.29, 1.82) is 0 Å². The lowest BCUT2D eigenvalue weighted by Gasteiger charge is -2.21. The van der Waals surface area contributed by atoms with Gasteiger partial charge in [-0.3, -0.25) is 4.79 Å². The summed E-state index contributed by atoms with van der Waals surface area (Å²) in [6, 6.07) is 7.66. The van der Waals surface area contributed by atoms with Crippen molar-refractivity contribution >= 4 is 5.91 Å². The fourth-order valence-electron chi connectivity index (χ4n) is 2.47. The van der Waals surface area contributed by atoms with Crippen LogP contribution in [0.3, 0.4) is 0 Å². The van der Waals surface area contributed by atoms with Crippen molar-refractivity contribution in [1.82, 2.24) is 4.90 Å². The summed E-state index contributed by atoms with van der Waals surface area (Å²) >= 11 is 0. The van der Waals surface area contributed by atoms with E-state index in [2.05, 4.69) is 6.92 Å². The van der Waals surface area contributed by atoms with Gasteiger partial charge in [-0.05, 0) is 30.5 Å². The number of rotatable bonds is 5. The van der Waals surface area contributed by atoms with E-state index in [1.807, 2.05) is 36.1 Å². The van der Waals surface area contributed by atoms with Gasteiger partial charge in [0.15, 0.2) is 0 Å². The Morgan fingerprint density at radius 3 is 2.63 bits per heavy atom. The first-order chi connectivity index (χ1) is 9.10. The zero-order chi connectivity index (χ0) is 13.8. The predicted molar refractivity (Wildman–Crippen MR) is 74.9 cm³/mol. The van der Waals surface area contributed by atoms with Gasteiger partial charge in [0.2, 0.25) is 5.91 Å². The topological polar surface area (TPSA) is 55.6 Å². The Balaban J connectivity index is 1.95. The molecule has 1 aliphatic rings. The average molecular weight is 262 g/mol. The largest absolute Gasteiger partial charge is 0.494 e. The number of carbonyl (C=O) groups is 1. The Morgan fingerprint density at radius 2 is 2.11 bits per heavy atom. The van der Waals surface area contributed by atoms with E-state index in [4.69, 9.17) is 10.5 Å². The SMILES string of the molecule is CCOc1ccc(C(N)CN2CC(C)CC2=O)cc1. The second-order valence-corrected chi connectivity index (χ2v) is 5.22. The van der Waals surface area contributed by atoms with E-state index >= 15 is 0 Å². The van der Waals surface area contributed by atoms with Crippen LogP contribution in [-0.4, -0.2) is 30.5 Å². The van der Waals surface area contributed by atoms with E-state index in [1.165, 1.54) is 0 Å². The smallest absolute Gasteiger partial charge is 0.222 e. The third-order valence-electron chi connectivity index (χ3n) is 3.44. The van der Waals surface area contributed by atoms with Crippen molar-refractivity contribution < 1.29 is 9.53 Å². The molecule has 2 atom stereocenters. The van der Waals surface area contributed by atoms with Crippen molar-refractivity contribution in [2.45, 2.75) is 26.3 Å². The van der Waals surface area contributed by atoms with Crippen LogP contribution >= 0.6 is 0 Å². The molecule has 1 heterocycles. The lowest BCUT2D eigenvalue weighted by Crippen LogP contribution is -2.33. The van der Waals surface area contributed by atoms with Gasteiger partial charge in [0.05, 0.1) is 6.61 Å². The van der Waals surface area contributed by atoms with Crippen LogP contribution < -0.4 is 10.5 Å². The first kappa shape index (κ1) is 13.9. The number of nitrogens with two attached hydrogens (primary N) is 1. The maximum Gasteiger partial charge on any atom is 0.222 e. The van der Waals surface area contributed by atoms with E-state index in [9.17, 15) is 4.79 Å². The molecule has 1 aromatic carbocycles. The summed E-state index contributed by atoms with van der Waals surface area (Å²) in [7, 11) is 0. The predicted octanol–water partition coefficient (Wildman–Crippen LogP) is 1.95. The van der Waals surface area contributed by atoms with Crippen molar-refractivity contribution in [3.8, 4) is 5.75 Å². The molecule has 2 rings (SSSR count). The number of amides is 1. The van der Waals surface area contributed by atoms with Crippen LogP contribution in [0, 0.1) is 5.92 Å². The summed E-state index contributed by atoms with van der Waals surface area (Å²) in [4.78, 5) is 13.6. The highest BCUT2D eigenvalue weighted by molar-refractivity contribution is 5.78. The van der Waals surface area contributed by atoms with Crippen molar-refractivity contribution in [2.75, 3.05) is 19.7 Å². The molecule has 104 valence electrons. The van der Waals surface area contributed by atoms with Crippen LogP contribution in [-0.2, 0) is 4.79 Å². The molecular weight excluding hydrogens is 240 g/mol. The molecule has 0 radical (unpaired) electrons. The van der Waals surface area contributed by atoms with Gasteiger partial charge in [-0.25, -0.2) is 0 Å². The van der Waals surface area contributed by atoms with E-state index in [-0.39, 0.29) is 11.9 Å². The van der Waals surface area contributed by atoms with Gasteiger partial charge in [-0.15, -0.1) is 0 Å². The Labute approximate surface area is 114 Å². The molecule has 2 unspecified atom stereocenters. The maximum absolute atomic E-state index is 11.7. The van der Waals surface area contributed by atoms with Crippen LogP contribution in [0.4, 0.5) is 0 Å². The van der Waals surface area contributed by atoms with Gasteiger partial charge >= 0.3 is 0 Å². The monoisotopic (exact) mass is 262 g/mol. The molecule has 4 heteroatoms. The maximum atomic E-state index is 11.7. The Hall–Kier alpha value is -1.55. The number of hydrogen-bond donors (Lipinski definition) is 1. The van der Waals surface area contributed by atoms with E-state index in [1.54, 1.807) is 0 Å². The first-order valence-corrected chi connectivity index (χ1v) is 6.86. The minimum absolute atomic E-state index is 0.134. The zero-order valence-corrected chi connectivity index (χ0v) is 11.6. The van der Waals surface area contributed by atoms with Crippen molar-refractivity contribution in [2.24, 2.45) is 11.7 Å². The van der Waals surface area contributed by atoms with Crippen LogP contribution in [0.2, 0.25) is 0 Å². The molecule has 1 aliphatic heterocycles. The standard InChI is InChI=1S/C15H22N2O2/c1-3-19-13-6-4-12(5-7-13)14(16)10-17-9-11(2)8-15(17)18/h4-7,11,14H,3,8-10,16H2,1-2H3. The van der Waals surface area contributed by atoms with Gasteiger partial charge < -0.3 is 15.4 Å². The highest BCUT2D eigenvalue weighted by Gasteiger charge is 2.27. The normalized spacial score (nSPS) is 20.7. The molecule has 0 aromatic heterocycles. The average Bonchev–Trinajstić information content (AvgIpc) is 2.69. The lowest BCUT2D eigenvalue weighted by atomic mass is 10.1. The van der Waals surface area contributed by atoms with E-state index < -0.39 is 0 Å². The molecule has 0 spiro atoms. The minimum Gasteiger partial charge on any atom is -0.494 e. The Kier molecular flexibility index (Phi) is 4.43. The Morgan fingerprint density at radius 1 is 1.42 bits per heavy atom. The van der Waals surface area contributed by atoms with E-state index in [0.717, 1.165) is 17.9 Å². The van der Waals surface area contributed by atoms with Gasteiger partial charge in [0, 0.05) is 25.6 Å². The summed E-state index contributed by atoms with van der Waals surface area (Å²) in [5, 5.41) is 0. The summed E-state index contributed by atoms with van der Waals surface area (Å²) in [6.45, 7) is 6.13. The number of hydrogen-bond acceptors (Lipinski definition) is 3. The van der Waals surface area contributed by atoms with Gasteiger partial charge in [0.25, 0.3) is 0 Å². The van der Waals surface area contributed by atoms with Crippen molar-refractivity contribution in [3.63, 3.8) is 0 Å². The third-order valence-corrected chi connectivity index (χ3v) is 3.44. The second-order valence-electron chi connectivity index (χ2n) is 5.22. The van der Waals surface area contributed by atoms with Gasteiger partial charge in [0.1, 0.15) is 5.75 Å². The highest BCUT2D eigenvalue weighted by Crippen LogP contribution is 2.21. The fraction of sp³-hybridized carbons (Fsp3) is 0.533. The molecule has 1 amide bonds. The van der Waals surface area contributed by atoms with Crippen LogP contribution in [0.25, 0.3) is 0 Å². The summed E-state index contributed by atoms with van der Waals surface area (Å²) in [5.41, 5.74) is 7.21. The quantitative estimate of drug-likeness (QED) is 0.882. The van der Waals surface area contributed by atoms with Crippen LogP contribution in [0.5, 0.6) is 5.75 Å². The second kappa shape index (κ2) is 6.06. The van der Waals surface area contributed by atoms with Gasteiger partial charge in [-0.2, -0.15) is 0 Å². The molecule has 19 heavy (non-hydrogen) atoms. The number of benzene rings is 1. The Bertz CT molecular complexity index is 430. The molecule has 0 saturated carbocycles.